The average Bonchev–Trinajstić information content (AvgIpc) is 2.89. The number of carbonyl (C=O) groups is 1. The number of allylic oxidation sites excluding steroid dienone is 2. The van der Waals surface area contributed by atoms with Crippen LogP contribution in [0.2, 0.25) is 0 Å². The van der Waals surface area contributed by atoms with Gasteiger partial charge in [0.25, 0.3) is 11.6 Å². The fourth-order valence-corrected chi connectivity index (χ4v) is 4.36. The minimum atomic E-state index is -0.470. The van der Waals surface area contributed by atoms with Crippen LogP contribution in [0.25, 0.3) is 6.08 Å². The summed E-state index contributed by atoms with van der Waals surface area (Å²) in [6.45, 7) is 0. The number of nitro benzene ring substituents is 1. The molecule has 0 aromatic heterocycles. The molecule has 5 nitrogen and oxygen atoms in total. The zero-order chi connectivity index (χ0) is 19.6. The van der Waals surface area contributed by atoms with E-state index >= 15 is 0 Å². The van der Waals surface area contributed by atoms with Gasteiger partial charge in [-0.25, -0.2) is 0 Å². The number of para-hydroxylation sites is 1. The molecule has 1 saturated heterocycles. The van der Waals surface area contributed by atoms with Crippen molar-refractivity contribution in [1.29, 1.82) is 0 Å². The molecule has 3 rings (SSSR count). The van der Waals surface area contributed by atoms with Gasteiger partial charge in [-0.15, -0.1) is 0 Å². The number of non-ortho nitro benzene ring substituents is 1. The van der Waals surface area contributed by atoms with E-state index in [1.807, 2.05) is 18.2 Å². The van der Waals surface area contributed by atoms with Crippen LogP contribution < -0.4 is 4.90 Å². The van der Waals surface area contributed by atoms with Crippen LogP contribution in [0.1, 0.15) is 5.56 Å². The number of benzene rings is 2. The van der Waals surface area contributed by atoms with Crippen molar-refractivity contribution in [3.05, 3.63) is 84.7 Å². The van der Waals surface area contributed by atoms with E-state index in [0.29, 0.717) is 25.5 Å². The van der Waals surface area contributed by atoms with Crippen LogP contribution in [0.5, 0.6) is 0 Å². The molecule has 0 N–H and O–H groups in total. The number of nitrogens with zero attached hydrogens (tertiary/aromatic N) is 2. The Bertz CT molecular complexity index is 1010. The van der Waals surface area contributed by atoms with E-state index in [1.165, 1.54) is 17.0 Å². The van der Waals surface area contributed by atoms with Crippen molar-refractivity contribution in [2.24, 2.45) is 0 Å². The topological polar surface area (TPSA) is 63.4 Å². The standard InChI is InChI=1S/C18H10BrClN2O3S2/c19-14-3-1-2-4-15(14)21-17(23)16(27-18(21)26)10-12(20)9-11-5-7-13(8-6-11)22(24)25/h1-10H/b12-9-,16-10+. The molecule has 0 radical (unpaired) electrons. The fourth-order valence-electron chi connectivity index (χ4n) is 2.33. The number of rotatable bonds is 4. The highest BCUT2D eigenvalue weighted by Gasteiger charge is 2.34. The summed E-state index contributed by atoms with van der Waals surface area (Å²) in [6, 6.07) is 13.3. The lowest BCUT2D eigenvalue weighted by Gasteiger charge is -2.15. The predicted octanol–water partition coefficient (Wildman–Crippen LogP) is 5.89. The van der Waals surface area contributed by atoms with Crippen molar-refractivity contribution in [1.82, 2.24) is 0 Å². The third kappa shape index (κ3) is 4.47. The summed E-state index contributed by atoms with van der Waals surface area (Å²) >= 11 is 16.2. The third-order valence-corrected chi connectivity index (χ3v) is 5.76. The van der Waals surface area contributed by atoms with Gasteiger partial charge < -0.3 is 0 Å². The van der Waals surface area contributed by atoms with Crippen LogP contribution in [0.15, 0.2) is 69.0 Å². The second-order valence-corrected chi connectivity index (χ2v) is 8.31. The lowest BCUT2D eigenvalue weighted by Crippen LogP contribution is -2.27. The van der Waals surface area contributed by atoms with E-state index in [-0.39, 0.29) is 11.6 Å². The largest absolute Gasteiger partial charge is 0.270 e. The van der Waals surface area contributed by atoms with Crippen LogP contribution in [-0.2, 0) is 4.79 Å². The highest BCUT2D eigenvalue weighted by atomic mass is 79.9. The normalized spacial score (nSPS) is 16.3. The Labute approximate surface area is 178 Å². The Morgan fingerprint density at radius 3 is 2.52 bits per heavy atom. The summed E-state index contributed by atoms with van der Waals surface area (Å²) in [5.41, 5.74) is 1.35. The first-order valence-electron chi connectivity index (χ1n) is 7.51. The van der Waals surface area contributed by atoms with Crippen LogP contribution in [0, 0.1) is 10.1 Å². The highest BCUT2D eigenvalue weighted by Crippen LogP contribution is 2.38. The summed E-state index contributed by atoms with van der Waals surface area (Å²) in [6.07, 6.45) is 3.16. The Hall–Kier alpha value is -2.00. The van der Waals surface area contributed by atoms with Crippen molar-refractivity contribution in [3.63, 3.8) is 0 Å². The molecule has 1 fully saturated rings. The van der Waals surface area contributed by atoms with Crippen molar-refractivity contribution >= 4 is 79.2 Å². The molecule has 9 heteroatoms. The van der Waals surface area contributed by atoms with E-state index < -0.39 is 4.92 Å². The zero-order valence-corrected chi connectivity index (χ0v) is 17.4. The molecule has 0 bridgehead atoms. The molecule has 2 aromatic rings. The van der Waals surface area contributed by atoms with Gasteiger partial charge in [0.15, 0.2) is 4.32 Å². The van der Waals surface area contributed by atoms with Gasteiger partial charge in [0.05, 0.1) is 15.5 Å². The van der Waals surface area contributed by atoms with Crippen LogP contribution in [0.3, 0.4) is 0 Å². The molecule has 0 aliphatic carbocycles. The summed E-state index contributed by atoms with van der Waals surface area (Å²) in [4.78, 5) is 24.8. The molecule has 1 heterocycles. The first kappa shape index (κ1) is 19.8. The maximum absolute atomic E-state index is 12.7. The molecule has 0 spiro atoms. The second kappa shape index (κ2) is 8.35. The molecule has 0 unspecified atom stereocenters. The van der Waals surface area contributed by atoms with Gasteiger partial charge in [-0.05, 0) is 57.9 Å². The number of thiocarbonyl (C=S) groups is 1. The van der Waals surface area contributed by atoms with Crippen LogP contribution >= 0.6 is 51.5 Å². The first-order valence-corrected chi connectivity index (χ1v) is 9.90. The lowest BCUT2D eigenvalue weighted by molar-refractivity contribution is -0.384. The number of hydrogen-bond donors (Lipinski definition) is 0. The zero-order valence-electron chi connectivity index (χ0n) is 13.5. The quantitative estimate of drug-likeness (QED) is 0.236. The number of hydrogen-bond acceptors (Lipinski definition) is 5. The molecular formula is C18H10BrClN2O3S2. The van der Waals surface area contributed by atoms with Gasteiger partial charge in [0.1, 0.15) is 0 Å². The molecule has 1 aliphatic heterocycles. The lowest BCUT2D eigenvalue weighted by atomic mass is 10.2. The number of nitro groups is 1. The fraction of sp³-hybridized carbons (Fsp3) is 0. The van der Waals surface area contributed by atoms with Crippen LogP contribution in [-0.4, -0.2) is 15.2 Å². The molecule has 136 valence electrons. The summed E-state index contributed by atoms with van der Waals surface area (Å²) in [7, 11) is 0. The SMILES string of the molecule is O=C1/C(=C\C(Cl)=C\c2ccc([N+](=O)[O-])cc2)SC(=S)N1c1ccccc1Br. The summed E-state index contributed by atoms with van der Waals surface area (Å²) in [5, 5.41) is 11.0. The van der Waals surface area contributed by atoms with E-state index in [0.717, 1.165) is 16.2 Å². The van der Waals surface area contributed by atoms with E-state index in [4.69, 9.17) is 23.8 Å². The molecule has 0 atom stereocenters. The Balaban J connectivity index is 1.84. The molecule has 0 saturated carbocycles. The maximum atomic E-state index is 12.7. The van der Waals surface area contributed by atoms with Crippen LogP contribution in [0.4, 0.5) is 11.4 Å². The van der Waals surface area contributed by atoms with E-state index in [9.17, 15) is 14.9 Å². The van der Waals surface area contributed by atoms with Gasteiger partial charge in [-0.3, -0.25) is 19.8 Å². The first-order chi connectivity index (χ1) is 12.9. The van der Waals surface area contributed by atoms with Gasteiger partial charge >= 0.3 is 0 Å². The van der Waals surface area contributed by atoms with Gasteiger partial charge in [0, 0.05) is 21.6 Å². The predicted molar refractivity (Wildman–Crippen MR) is 117 cm³/mol. The Morgan fingerprint density at radius 1 is 1.22 bits per heavy atom. The van der Waals surface area contributed by atoms with Gasteiger partial charge in [-0.1, -0.05) is 47.7 Å². The Morgan fingerprint density at radius 2 is 1.89 bits per heavy atom. The number of halogens is 2. The number of amides is 1. The van der Waals surface area contributed by atoms with Crippen molar-refractivity contribution < 1.29 is 9.72 Å². The highest BCUT2D eigenvalue weighted by molar-refractivity contribution is 9.10. The average molecular weight is 482 g/mol. The summed E-state index contributed by atoms with van der Waals surface area (Å²) in [5.74, 6) is -0.257. The molecule has 2 aromatic carbocycles. The smallest absolute Gasteiger partial charge is 0.268 e. The molecule has 27 heavy (non-hydrogen) atoms. The summed E-state index contributed by atoms with van der Waals surface area (Å²) < 4.78 is 1.17. The maximum Gasteiger partial charge on any atom is 0.270 e. The minimum Gasteiger partial charge on any atom is -0.268 e. The number of thioether (sulfide) groups is 1. The molecular weight excluding hydrogens is 472 g/mol. The Kier molecular flexibility index (Phi) is 6.11. The van der Waals surface area contributed by atoms with Crippen molar-refractivity contribution in [2.75, 3.05) is 4.90 Å². The number of carbonyl (C=O) groups excluding carboxylic acids is 1. The van der Waals surface area contributed by atoms with Gasteiger partial charge in [-0.2, -0.15) is 0 Å². The van der Waals surface area contributed by atoms with Crippen molar-refractivity contribution in [2.45, 2.75) is 0 Å². The van der Waals surface area contributed by atoms with Gasteiger partial charge in [0.2, 0.25) is 0 Å². The van der Waals surface area contributed by atoms with Crippen molar-refractivity contribution in [3.8, 4) is 0 Å². The second-order valence-electron chi connectivity index (χ2n) is 5.35. The van der Waals surface area contributed by atoms with E-state index in [1.54, 1.807) is 30.4 Å². The monoisotopic (exact) mass is 480 g/mol. The third-order valence-electron chi connectivity index (χ3n) is 3.56. The molecule has 1 aliphatic rings. The molecule has 1 amide bonds. The van der Waals surface area contributed by atoms with E-state index in [2.05, 4.69) is 15.9 Å². The number of anilines is 1. The minimum absolute atomic E-state index is 0.00224.